The summed E-state index contributed by atoms with van der Waals surface area (Å²) in [4.78, 5) is 50.5. The van der Waals surface area contributed by atoms with Crippen LogP contribution in [0.15, 0.2) is 115 Å². The molecule has 1 unspecified atom stereocenters. The number of imide groups is 1. The normalized spacial score (nSPS) is 15.9. The van der Waals surface area contributed by atoms with Gasteiger partial charge >= 0.3 is 0 Å². The highest BCUT2D eigenvalue weighted by Crippen LogP contribution is 2.44. The zero-order chi connectivity index (χ0) is 42.4. The number of ether oxygens (including phenoxy) is 2. The molecule has 2 aliphatic heterocycles. The number of benzene rings is 3. The molecule has 308 valence electrons. The van der Waals surface area contributed by atoms with Crippen molar-refractivity contribution in [2.45, 2.75) is 97.9 Å². The molecule has 0 N–H and O–H groups in total. The first-order valence-corrected chi connectivity index (χ1v) is 20.5. The van der Waals surface area contributed by atoms with E-state index < -0.39 is 20.9 Å². The molecule has 1 fully saturated rings. The molecule has 1 atom stereocenters. The number of para-hydroxylation sites is 1. The number of fused-ring (bicyclic) bond motifs is 1. The summed E-state index contributed by atoms with van der Waals surface area (Å²) >= 11 is 0. The second-order valence-electron chi connectivity index (χ2n) is 14.1. The predicted molar refractivity (Wildman–Crippen MR) is 219 cm³/mol. The quantitative estimate of drug-likeness (QED) is 0.131. The Morgan fingerprint density at radius 3 is 1.74 bits per heavy atom. The second kappa shape index (κ2) is 21.0. The third kappa shape index (κ3) is 12.3. The lowest BCUT2D eigenvalue weighted by atomic mass is 10.1. The summed E-state index contributed by atoms with van der Waals surface area (Å²) in [5.41, 5.74) is 2.68. The monoisotopic (exact) mass is 813 g/mol. The molecular formula is C43H51N5O9S. The lowest BCUT2D eigenvalue weighted by molar-refractivity contribution is -0.198. The van der Waals surface area contributed by atoms with Gasteiger partial charge in [0.1, 0.15) is 22.0 Å². The molecule has 5 aromatic rings. The summed E-state index contributed by atoms with van der Waals surface area (Å²) in [6, 6.07) is 30.5. The number of rotatable bonds is 10. The zero-order valence-electron chi connectivity index (χ0n) is 34.0. The number of sulfone groups is 1. The number of hydrogen-bond acceptors (Lipinski definition) is 12. The number of hydrogen-bond donors (Lipinski definition) is 0. The summed E-state index contributed by atoms with van der Waals surface area (Å²) in [7, 11) is -3.87. The van der Waals surface area contributed by atoms with Crippen LogP contribution >= 0.6 is 0 Å². The number of carbonyl (C=O) groups is 3. The Labute approximate surface area is 339 Å². The third-order valence-electron chi connectivity index (χ3n) is 7.70. The molecule has 14 nitrogen and oxygen atoms in total. The van der Waals surface area contributed by atoms with E-state index in [0.29, 0.717) is 17.0 Å². The average molecular weight is 814 g/mol. The average Bonchev–Trinajstić information content (AvgIpc) is 3.79. The van der Waals surface area contributed by atoms with E-state index >= 15 is 0 Å². The van der Waals surface area contributed by atoms with E-state index in [-0.39, 0.29) is 59.7 Å². The number of nitrogens with zero attached hydrogens (tertiary/aromatic N) is 5. The molecule has 7 rings (SSSR count). The van der Waals surface area contributed by atoms with Gasteiger partial charge in [0.25, 0.3) is 11.8 Å². The van der Waals surface area contributed by atoms with E-state index in [4.69, 9.17) is 19.1 Å². The summed E-state index contributed by atoms with van der Waals surface area (Å²) in [5.74, 6) is -0.344. The van der Waals surface area contributed by atoms with Crippen LogP contribution in [0.2, 0.25) is 0 Å². The minimum Gasteiger partial charge on any atom is -0.486 e. The van der Waals surface area contributed by atoms with Gasteiger partial charge in [-0.1, -0.05) is 83.7 Å². The van der Waals surface area contributed by atoms with Crippen LogP contribution in [0.5, 0.6) is 5.88 Å². The predicted octanol–water partition coefficient (Wildman–Crippen LogP) is 7.13. The van der Waals surface area contributed by atoms with Crippen molar-refractivity contribution in [3.63, 3.8) is 0 Å². The Morgan fingerprint density at radius 2 is 1.19 bits per heavy atom. The standard InChI is InChI=1S/C19H18O4S.C9H11N3O.C8H11NO.C7H11NO3/c1-13(2)23-17-16(20)18(14-9-5-3-6-10-14)24(21,22)19(17)15-11-7-4-8-12-15;1-7(2)13-12-9-6-4-3-5-8(9)10-11-12;1-7(2)10-8-5-3-4-6-9-8;1-5(2)11-8-6(9)3-4-7(8)10/h3-13,18H,1-2H3;3-7H,1-2H3;3-7H,1-2H3;5H,3-4H2,1-2H3. The van der Waals surface area contributed by atoms with E-state index in [0.717, 1.165) is 16.1 Å². The molecule has 0 radical (unpaired) electrons. The third-order valence-corrected chi connectivity index (χ3v) is 9.80. The van der Waals surface area contributed by atoms with Crippen molar-refractivity contribution in [3.8, 4) is 5.88 Å². The number of amides is 2. The zero-order valence-corrected chi connectivity index (χ0v) is 34.8. The molecule has 0 spiro atoms. The Hall–Kier alpha value is -5.93. The Balaban J connectivity index is 0.000000185. The Morgan fingerprint density at radius 1 is 0.638 bits per heavy atom. The van der Waals surface area contributed by atoms with Crippen LogP contribution in [0.3, 0.4) is 0 Å². The van der Waals surface area contributed by atoms with Crippen molar-refractivity contribution in [2.24, 2.45) is 0 Å². The van der Waals surface area contributed by atoms with Crippen LogP contribution in [-0.2, 0) is 33.8 Å². The number of hydroxylamine groups is 2. The molecule has 3 aromatic carbocycles. The highest BCUT2D eigenvalue weighted by Gasteiger charge is 2.49. The van der Waals surface area contributed by atoms with Crippen molar-refractivity contribution in [3.05, 3.63) is 126 Å². The Bertz CT molecular complexity index is 2230. The first-order valence-electron chi connectivity index (χ1n) is 19.0. The van der Waals surface area contributed by atoms with Gasteiger partial charge in [-0.25, -0.2) is 13.4 Å². The molecule has 0 aliphatic carbocycles. The first-order chi connectivity index (χ1) is 27.6. The van der Waals surface area contributed by atoms with E-state index in [1.807, 2.05) is 70.2 Å². The number of aromatic nitrogens is 4. The Kier molecular flexibility index (Phi) is 16.2. The molecule has 2 aliphatic rings. The van der Waals surface area contributed by atoms with Gasteiger partial charge in [-0.05, 0) is 89.9 Å². The number of carbonyl (C=O) groups excluding carboxylic acids is 3. The van der Waals surface area contributed by atoms with Crippen LogP contribution in [0, 0.1) is 0 Å². The lowest BCUT2D eigenvalue weighted by Gasteiger charge is -2.15. The minimum absolute atomic E-state index is 0.0179. The fraction of sp³-hybridized carbons (Fsp3) is 0.349. The first kappa shape index (κ1) is 44.8. The van der Waals surface area contributed by atoms with Crippen LogP contribution < -0.4 is 9.57 Å². The summed E-state index contributed by atoms with van der Waals surface area (Å²) < 4.78 is 37.2. The maximum atomic E-state index is 13.1. The molecule has 4 heterocycles. The van der Waals surface area contributed by atoms with Gasteiger partial charge < -0.3 is 14.3 Å². The number of pyridine rings is 1. The van der Waals surface area contributed by atoms with Gasteiger partial charge in [-0.15, -0.1) is 5.10 Å². The molecule has 58 heavy (non-hydrogen) atoms. The van der Waals surface area contributed by atoms with Crippen molar-refractivity contribution in [2.75, 3.05) is 0 Å². The van der Waals surface area contributed by atoms with E-state index in [2.05, 4.69) is 15.3 Å². The lowest BCUT2D eigenvalue weighted by Crippen LogP contribution is -2.31. The number of allylic oxidation sites excluding steroid dienone is 1. The molecule has 2 amide bonds. The molecule has 2 aromatic heterocycles. The largest absolute Gasteiger partial charge is 0.486 e. The number of ketones is 1. The highest BCUT2D eigenvalue weighted by molar-refractivity contribution is 8.02. The van der Waals surface area contributed by atoms with Crippen LogP contribution in [0.25, 0.3) is 15.9 Å². The van der Waals surface area contributed by atoms with Crippen LogP contribution in [0.4, 0.5) is 0 Å². The molecule has 0 saturated carbocycles. The van der Waals surface area contributed by atoms with Crippen LogP contribution in [0.1, 0.15) is 84.6 Å². The van der Waals surface area contributed by atoms with Crippen LogP contribution in [-0.4, -0.2) is 75.6 Å². The van der Waals surface area contributed by atoms with Crippen molar-refractivity contribution in [1.29, 1.82) is 0 Å². The van der Waals surface area contributed by atoms with Gasteiger partial charge in [0, 0.05) is 25.1 Å². The smallest absolute Gasteiger partial charge is 0.254 e. The van der Waals surface area contributed by atoms with Crippen molar-refractivity contribution >= 4 is 43.4 Å². The van der Waals surface area contributed by atoms with Gasteiger partial charge in [0.2, 0.25) is 11.7 Å². The van der Waals surface area contributed by atoms with Gasteiger partial charge in [0.15, 0.2) is 20.8 Å². The van der Waals surface area contributed by atoms with Crippen molar-refractivity contribution < 1.29 is 42.0 Å². The number of Topliss-reactive ketones (excluding diaryl/α,β-unsaturated/α-hetero) is 1. The van der Waals surface area contributed by atoms with E-state index in [1.165, 1.54) is 4.85 Å². The maximum Gasteiger partial charge on any atom is 0.254 e. The van der Waals surface area contributed by atoms with E-state index in [1.54, 1.807) is 94.6 Å². The van der Waals surface area contributed by atoms with E-state index in [9.17, 15) is 22.8 Å². The van der Waals surface area contributed by atoms with Gasteiger partial charge in [0.05, 0.1) is 18.3 Å². The van der Waals surface area contributed by atoms with Crippen molar-refractivity contribution in [1.82, 2.24) is 25.2 Å². The molecule has 15 heteroatoms. The SMILES string of the molecule is CC(C)OC1=C(c2ccccc2)S(=O)(=O)C(c2ccccc2)C1=O.CC(C)ON1C(=O)CCC1=O.CC(C)Oc1ccccn1.CC(C)On1nnc2ccccc21. The maximum absolute atomic E-state index is 13.1. The summed E-state index contributed by atoms with van der Waals surface area (Å²) in [6.07, 6.45) is 2.17. The summed E-state index contributed by atoms with van der Waals surface area (Å²) in [5, 5.41) is 7.46. The fourth-order valence-corrected chi connectivity index (χ4v) is 7.49. The van der Waals surface area contributed by atoms with Gasteiger partial charge in [-0.2, -0.15) is 5.06 Å². The minimum atomic E-state index is -3.87. The molecular weight excluding hydrogens is 763 g/mol. The topological polar surface area (TPSA) is 169 Å². The highest BCUT2D eigenvalue weighted by atomic mass is 32.2. The second-order valence-corrected chi connectivity index (χ2v) is 16.0. The fourth-order valence-electron chi connectivity index (χ4n) is 5.48. The summed E-state index contributed by atoms with van der Waals surface area (Å²) in [6.45, 7) is 15.0. The molecule has 1 saturated heterocycles. The van der Waals surface area contributed by atoms with Gasteiger partial charge in [-0.3, -0.25) is 19.2 Å². The molecule has 0 bridgehead atoms.